The minimum absolute atomic E-state index is 0.0338. The van der Waals surface area contributed by atoms with Crippen LogP contribution in [0.5, 0.6) is 0 Å². The molecule has 5 heteroatoms. The maximum absolute atomic E-state index is 13.3. The number of aryl methyl sites for hydroxylation is 2. The molecule has 4 nitrogen and oxygen atoms in total. The summed E-state index contributed by atoms with van der Waals surface area (Å²) in [5.41, 5.74) is 7.64. The molecular formula is C26H23FN4. The van der Waals surface area contributed by atoms with E-state index < -0.39 is 0 Å². The van der Waals surface area contributed by atoms with Crippen molar-refractivity contribution in [1.29, 1.82) is 0 Å². The number of hydrogen-bond acceptors (Lipinski definition) is 3. The second kappa shape index (κ2) is 7.84. The lowest BCUT2D eigenvalue weighted by Gasteiger charge is -2.23. The first kappa shape index (κ1) is 19.2. The Morgan fingerprint density at radius 3 is 2.35 bits per heavy atom. The van der Waals surface area contributed by atoms with E-state index in [-0.39, 0.29) is 11.9 Å². The molecule has 0 bridgehead atoms. The molecule has 1 atom stereocenters. The molecule has 0 saturated heterocycles. The van der Waals surface area contributed by atoms with E-state index in [2.05, 4.69) is 54.3 Å². The van der Waals surface area contributed by atoms with Crippen molar-refractivity contribution >= 4 is 11.4 Å². The van der Waals surface area contributed by atoms with E-state index >= 15 is 0 Å². The quantitative estimate of drug-likeness (QED) is 0.414. The van der Waals surface area contributed by atoms with Gasteiger partial charge < -0.3 is 0 Å². The Bertz CT molecular complexity index is 1240. The highest BCUT2D eigenvalue weighted by Crippen LogP contribution is 2.37. The van der Waals surface area contributed by atoms with Gasteiger partial charge in [0.1, 0.15) is 5.82 Å². The van der Waals surface area contributed by atoms with Crippen molar-refractivity contribution in [2.24, 2.45) is 5.10 Å². The van der Waals surface area contributed by atoms with Crippen LogP contribution < -0.4 is 5.01 Å². The Kier molecular flexibility index (Phi) is 4.86. The zero-order valence-electron chi connectivity index (χ0n) is 17.5. The number of hydrazone groups is 1. The van der Waals surface area contributed by atoms with Crippen LogP contribution in [0.4, 0.5) is 10.1 Å². The average Bonchev–Trinajstić information content (AvgIpc) is 3.44. The zero-order chi connectivity index (χ0) is 21.4. The van der Waals surface area contributed by atoms with Gasteiger partial charge in [-0.25, -0.2) is 9.07 Å². The molecule has 0 amide bonds. The van der Waals surface area contributed by atoms with Gasteiger partial charge in [0.2, 0.25) is 0 Å². The summed E-state index contributed by atoms with van der Waals surface area (Å²) in [5.74, 6) is -0.256. The van der Waals surface area contributed by atoms with Crippen LogP contribution in [0.3, 0.4) is 0 Å². The first-order chi connectivity index (χ1) is 15.1. The van der Waals surface area contributed by atoms with Gasteiger partial charge in [-0.2, -0.15) is 10.2 Å². The summed E-state index contributed by atoms with van der Waals surface area (Å²) < 4.78 is 15.1. The summed E-state index contributed by atoms with van der Waals surface area (Å²) in [6, 6.07) is 23.1. The maximum Gasteiger partial charge on any atom is 0.123 e. The van der Waals surface area contributed by atoms with Gasteiger partial charge in [0.15, 0.2) is 0 Å². The van der Waals surface area contributed by atoms with Crippen molar-refractivity contribution < 1.29 is 4.39 Å². The number of rotatable bonds is 4. The molecule has 0 radical (unpaired) electrons. The van der Waals surface area contributed by atoms with Crippen LogP contribution in [0, 0.1) is 19.7 Å². The molecule has 4 aromatic rings. The van der Waals surface area contributed by atoms with Crippen molar-refractivity contribution in [2.45, 2.75) is 26.3 Å². The molecule has 2 heterocycles. The van der Waals surface area contributed by atoms with Crippen molar-refractivity contribution in [1.82, 2.24) is 9.78 Å². The lowest BCUT2D eigenvalue weighted by atomic mass is 10.00. The van der Waals surface area contributed by atoms with Gasteiger partial charge in [0.05, 0.1) is 29.3 Å². The fourth-order valence-corrected chi connectivity index (χ4v) is 3.92. The lowest BCUT2D eigenvalue weighted by Crippen LogP contribution is -2.18. The monoisotopic (exact) mass is 410 g/mol. The number of anilines is 1. The summed E-state index contributed by atoms with van der Waals surface area (Å²) in [6.07, 6.45) is 4.67. The molecule has 0 aliphatic carbocycles. The zero-order valence-corrected chi connectivity index (χ0v) is 17.5. The standard InChI is InChI=1S/C26H23FN4/c1-18-8-11-24(14-19(18)2)31-26(15-25(29-31)20-6-4-3-5-7-20)21-16-28-30(17-21)23-12-9-22(27)10-13-23/h3-14,16-17,26H,15H2,1-2H3. The van der Waals surface area contributed by atoms with Gasteiger partial charge in [0, 0.05) is 18.2 Å². The Balaban J connectivity index is 1.53. The summed E-state index contributed by atoms with van der Waals surface area (Å²) >= 11 is 0. The fourth-order valence-electron chi connectivity index (χ4n) is 3.92. The summed E-state index contributed by atoms with van der Waals surface area (Å²) in [6.45, 7) is 4.24. The summed E-state index contributed by atoms with van der Waals surface area (Å²) in [5, 5.41) is 11.6. The van der Waals surface area contributed by atoms with E-state index in [0.717, 1.165) is 34.6 Å². The topological polar surface area (TPSA) is 33.4 Å². The van der Waals surface area contributed by atoms with Crippen molar-refractivity contribution in [2.75, 3.05) is 5.01 Å². The van der Waals surface area contributed by atoms with Crippen LogP contribution in [0.15, 0.2) is 90.3 Å². The minimum atomic E-state index is -0.256. The number of nitrogens with zero attached hydrogens (tertiary/aromatic N) is 4. The van der Waals surface area contributed by atoms with Crippen molar-refractivity contribution in [3.8, 4) is 5.69 Å². The van der Waals surface area contributed by atoms with E-state index in [9.17, 15) is 4.39 Å². The Hall–Kier alpha value is -3.73. The first-order valence-corrected chi connectivity index (χ1v) is 10.4. The van der Waals surface area contributed by atoms with Gasteiger partial charge in [-0.05, 0) is 66.9 Å². The fraction of sp³-hybridized carbons (Fsp3) is 0.154. The van der Waals surface area contributed by atoms with Crippen LogP contribution in [0.25, 0.3) is 5.69 Å². The molecule has 31 heavy (non-hydrogen) atoms. The van der Waals surface area contributed by atoms with Gasteiger partial charge in [0.25, 0.3) is 0 Å². The molecule has 1 aliphatic rings. The second-order valence-electron chi connectivity index (χ2n) is 7.94. The molecule has 0 N–H and O–H groups in total. The van der Waals surface area contributed by atoms with Gasteiger partial charge >= 0.3 is 0 Å². The molecule has 1 unspecified atom stereocenters. The minimum Gasteiger partial charge on any atom is -0.257 e. The van der Waals surface area contributed by atoms with E-state index in [0.29, 0.717) is 0 Å². The SMILES string of the molecule is Cc1ccc(N2N=C(c3ccccc3)CC2c2cnn(-c3ccc(F)cc3)c2)cc1C. The molecule has 154 valence electrons. The predicted octanol–water partition coefficient (Wildman–Crippen LogP) is 5.98. The van der Waals surface area contributed by atoms with E-state index in [1.54, 1.807) is 16.8 Å². The third kappa shape index (κ3) is 3.75. The largest absolute Gasteiger partial charge is 0.257 e. The highest BCUT2D eigenvalue weighted by Gasteiger charge is 2.31. The Morgan fingerprint density at radius 2 is 1.61 bits per heavy atom. The number of hydrogen-bond donors (Lipinski definition) is 0. The molecule has 1 aromatic heterocycles. The van der Waals surface area contributed by atoms with Gasteiger partial charge in [-0.3, -0.25) is 5.01 Å². The molecule has 3 aromatic carbocycles. The average molecular weight is 410 g/mol. The van der Waals surface area contributed by atoms with Crippen LogP contribution in [0.1, 0.15) is 34.7 Å². The third-order valence-corrected chi connectivity index (χ3v) is 5.85. The Labute approximate surface area is 181 Å². The Morgan fingerprint density at radius 1 is 0.871 bits per heavy atom. The third-order valence-electron chi connectivity index (χ3n) is 5.85. The molecule has 0 fully saturated rings. The van der Waals surface area contributed by atoms with E-state index in [1.807, 2.05) is 30.6 Å². The van der Waals surface area contributed by atoms with Crippen LogP contribution >= 0.6 is 0 Å². The van der Waals surface area contributed by atoms with Crippen LogP contribution in [-0.2, 0) is 0 Å². The van der Waals surface area contributed by atoms with E-state index in [4.69, 9.17) is 5.10 Å². The highest BCUT2D eigenvalue weighted by molar-refractivity contribution is 6.03. The van der Waals surface area contributed by atoms with E-state index in [1.165, 1.54) is 23.3 Å². The van der Waals surface area contributed by atoms with Gasteiger partial charge in [-0.1, -0.05) is 36.4 Å². The smallest absolute Gasteiger partial charge is 0.123 e. The van der Waals surface area contributed by atoms with Crippen LogP contribution in [0.2, 0.25) is 0 Å². The number of halogens is 1. The molecule has 0 spiro atoms. The maximum atomic E-state index is 13.3. The second-order valence-corrected chi connectivity index (χ2v) is 7.94. The molecule has 1 aliphatic heterocycles. The summed E-state index contributed by atoms with van der Waals surface area (Å²) in [4.78, 5) is 0. The van der Waals surface area contributed by atoms with Crippen molar-refractivity contribution in [3.05, 3.63) is 113 Å². The highest BCUT2D eigenvalue weighted by atomic mass is 19.1. The van der Waals surface area contributed by atoms with Crippen LogP contribution in [-0.4, -0.2) is 15.5 Å². The molecule has 0 saturated carbocycles. The first-order valence-electron chi connectivity index (χ1n) is 10.4. The number of benzene rings is 3. The normalized spacial score (nSPS) is 15.9. The molecular weight excluding hydrogens is 387 g/mol. The van der Waals surface area contributed by atoms with Crippen molar-refractivity contribution in [3.63, 3.8) is 0 Å². The molecule has 5 rings (SSSR count). The lowest BCUT2D eigenvalue weighted by molar-refractivity contribution is 0.627. The predicted molar refractivity (Wildman–Crippen MR) is 122 cm³/mol. The number of aromatic nitrogens is 2. The summed E-state index contributed by atoms with van der Waals surface area (Å²) in [7, 11) is 0. The van der Waals surface area contributed by atoms with Gasteiger partial charge in [-0.15, -0.1) is 0 Å².